The minimum atomic E-state index is -4.47. The number of hydrogen-bond acceptors (Lipinski definition) is 4. The standard InChI is InChI=1S/C11H12F3NO3/c1-18-9(17)10(15,6-16)7-2-4-8(5-3-7)11(12,13)14/h2-5,16H,6,15H2,1H3. The Morgan fingerprint density at radius 1 is 1.28 bits per heavy atom. The van der Waals surface area contributed by atoms with Gasteiger partial charge >= 0.3 is 12.1 Å². The maximum atomic E-state index is 12.4. The third-order valence-electron chi connectivity index (χ3n) is 2.53. The van der Waals surface area contributed by atoms with Crippen molar-refractivity contribution in [2.45, 2.75) is 11.7 Å². The summed E-state index contributed by atoms with van der Waals surface area (Å²) in [6, 6.07) is 3.65. The van der Waals surface area contributed by atoms with E-state index in [1.165, 1.54) is 0 Å². The Morgan fingerprint density at radius 2 is 1.72 bits per heavy atom. The van der Waals surface area contributed by atoms with Gasteiger partial charge in [0.05, 0.1) is 19.3 Å². The van der Waals surface area contributed by atoms with Gasteiger partial charge in [-0.05, 0) is 17.7 Å². The molecule has 3 N–H and O–H groups in total. The lowest BCUT2D eigenvalue weighted by Gasteiger charge is -2.24. The molecule has 0 saturated carbocycles. The highest BCUT2D eigenvalue weighted by molar-refractivity contribution is 5.82. The van der Waals surface area contributed by atoms with Crippen LogP contribution in [0.25, 0.3) is 0 Å². The molecule has 100 valence electrons. The number of methoxy groups -OCH3 is 1. The number of esters is 1. The lowest BCUT2D eigenvalue weighted by Crippen LogP contribution is -2.49. The number of hydrogen-bond donors (Lipinski definition) is 2. The van der Waals surface area contributed by atoms with Crippen LogP contribution in [0.5, 0.6) is 0 Å². The van der Waals surface area contributed by atoms with Gasteiger partial charge in [-0.25, -0.2) is 4.79 Å². The first kappa shape index (κ1) is 14.5. The average Bonchev–Trinajstić information content (AvgIpc) is 2.36. The molecule has 4 nitrogen and oxygen atoms in total. The molecule has 1 unspecified atom stereocenters. The topological polar surface area (TPSA) is 72.5 Å². The molecule has 1 aromatic rings. The van der Waals surface area contributed by atoms with Crippen LogP contribution in [0.2, 0.25) is 0 Å². The molecule has 0 heterocycles. The maximum Gasteiger partial charge on any atom is 0.416 e. The SMILES string of the molecule is COC(=O)C(N)(CO)c1ccc(C(F)(F)F)cc1. The molecular weight excluding hydrogens is 251 g/mol. The monoisotopic (exact) mass is 263 g/mol. The van der Waals surface area contributed by atoms with E-state index in [1.54, 1.807) is 0 Å². The van der Waals surface area contributed by atoms with Gasteiger partial charge < -0.3 is 15.6 Å². The van der Waals surface area contributed by atoms with Gasteiger partial charge in [-0.1, -0.05) is 12.1 Å². The van der Waals surface area contributed by atoms with Crippen molar-refractivity contribution in [3.63, 3.8) is 0 Å². The maximum absolute atomic E-state index is 12.4. The van der Waals surface area contributed by atoms with Crippen LogP contribution in [-0.2, 0) is 21.2 Å². The van der Waals surface area contributed by atoms with Gasteiger partial charge in [0.15, 0.2) is 5.54 Å². The first-order valence-corrected chi connectivity index (χ1v) is 4.91. The zero-order valence-corrected chi connectivity index (χ0v) is 9.49. The highest BCUT2D eigenvalue weighted by Gasteiger charge is 2.38. The summed E-state index contributed by atoms with van der Waals surface area (Å²) in [6.07, 6.45) is -4.47. The average molecular weight is 263 g/mol. The van der Waals surface area contributed by atoms with Crippen molar-refractivity contribution in [3.8, 4) is 0 Å². The highest BCUT2D eigenvalue weighted by Crippen LogP contribution is 2.30. The van der Waals surface area contributed by atoms with E-state index in [-0.39, 0.29) is 5.56 Å². The quantitative estimate of drug-likeness (QED) is 0.799. The Morgan fingerprint density at radius 3 is 2.06 bits per heavy atom. The Bertz CT molecular complexity index is 430. The van der Waals surface area contributed by atoms with E-state index in [4.69, 9.17) is 10.8 Å². The number of carbonyl (C=O) groups excluding carboxylic acids is 1. The summed E-state index contributed by atoms with van der Waals surface area (Å²) < 4.78 is 41.5. The molecule has 18 heavy (non-hydrogen) atoms. The van der Waals surface area contributed by atoms with E-state index in [9.17, 15) is 18.0 Å². The summed E-state index contributed by atoms with van der Waals surface area (Å²) >= 11 is 0. The van der Waals surface area contributed by atoms with Crippen molar-refractivity contribution in [1.82, 2.24) is 0 Å². The lowest BCUT2D eigenvalue weighted by molar-refractivity contribution is -0.149. The molecule has 0 saturated heterocycles. The normalized spacial score (nSPS) is 15.0. The molecule has 0 fully saturated rings. The first-order chi connectivity index (χ1) is 8.25. The second kappa shape index (κ2) is 4.95. The van der Waals surface area contributed by atoms with Gasteiger partial charge in [0, 0.05) is 0 Å². The molecule has 0 spiro atoms. The number of ether oxygens (including phenoxy) is 1. The zero-order valence-electron chi connectivity index (χ0n) is 9.49. The molecule has 0 aliphatic carbocycles. The van der Waals surface area contributed by atoms with Crippen LogP contribution < -0.4 is 5.73 Å². The molecule has 0 aromatic heterocycles. The van der Waals surface area contributed by atoms with Crippen LogP contribution in [0.1, 0.15) is 11.1 Å². The number of halogens is 3. The van der Waals surface area contributed by atoms with Crippen LogP contribution in [0, 0.1) is 0 Å². The molecule has 7 heteroatoms. The molecule has 0 aliphatic heterocycles. The zero-order chi connectivity index (χ0) is 14.0. The van der Waals surface area contributed by atoms with Crippen molar-refractivity contribution in [3.05, 3.63) is 35.4 Å². The molecule has 0 aliphatic rings. The molecule has 0 bridgehead atoms. The van der Waals surface area contributed by atoms with Crippen molar-refractivity contribution < 1.29 is 27.8 Å². The summed E-state index contributed by atoms with van der Waals surface area (Å²) in [6.45, 7) is -0.773. The second-order valence-electron chi connectivity index (χ2n) is 3.70. The summed E-state index contributed by atoms with van der Waals surface area (Å²) in [4.78, 5) is 11.4. The van der Waals surface area contributed by atoms with E-state index in [1.807, 2.05) is 0 Å². The molecule has 0 radical (unpaired) electrons. The predicted octanol–water partition coefficient (Wildman–Crippen LogP) is 1.02. The number of carbonyl (C=O) groups is 1. The predicted molar refractivity (Wildman–Crippen MR) is 56.4 cm³/mol. The minimum Gasteiger partial charge on any atom is -0.467 e. The van der Waals surface area contributed by atoms with Crippen LogP contribution in [0.3, 0.4) is 0 Å². The first-order valence-electron chi connectivity index (χ1n) is 4.91. The lowest BCUT2D eigenvalue weighted by atomic mass is 9.91. The highest BCUT2D eigenvalue weighted by atomic mass is 19.4. The molecule has 1 aromatic carbocycles. The van der Waals surface area contributed by atoms with Crippen LogP contribution in [0.15, 0.2) is 24.3 Å². The van der Waals surface area contributed by atoms with Gasteiger partial charge in [-0.15, -0.1) is 0 Å². The number of nitrogens with two attached hydrogens (primary N) is 1. The second-order valence-corrected chi connectivity index (χ2v) is 3.70. The molecular formula is C11H12F3NO3. The van der Waals surface area contributed by atoms with Crippen molar-refractivity contribution in [1.29, 1.82) is 0 Å². The van der Waals surface area contributed by atoms with Crippen LogP contribution >= 0.6 is 0 Å². The summed E-state index contributed by atoms with van der Waals surface area (Å²) in [5.74, 6) is -0.926. The van der Waals surface area contributed by atoms with Gasteiger partial charge in [-0.3, -0.25) is 0 Å². The summed E-state index contributed by atoms with van der Waals surface area (Å²) in [5, 5.41) is 9.12. The van der Waals surface area contributed by atoms with E-state index in [2.05, 4.69) is 4.74 Å². The smallest absolute Gasteiger partial charge is 0.416 e. The number of rotatable bonds is 3. The fourth-order valence-electron chi connectivity index (χ4n) is 1.41. The van der Waals surface area contributed by atoms with Crippen LogP contribution in [0.4, 0.5) is 13.2 Å². The van der Waals surface area contributed by atoms with E-state index in [0.29, 0.717) is 0 Å². The van der Waals surface area contributed by atoms with Crippen LogP contribution in [-0.4, -0.2) is 24.8 Å². The van der Waals surface area contributed by atoms with E-state index in [0.717, 1.165) is 31.4 Å². The number of aliphatic hydroxyl groups excluding tert-OH is 1. The third kappa shape index (κ3) is 2.62. The van der Waals surface area contributed by atoms with Crippen molar-refractivity contribution in [2.75, 3.05) is 13.7 Å². The van der Waals surface area contributed by atoms with Gasteiger partial charge in [0.2, 0.25) is 0 Å². The fourth-order valence-corrected chi connectivity index (χ4v) is 1.41. The van der Waals surface area contributed by atoms with Crippen molar-refractivity contribution in [2.24, 2.45) is 5.73 Å². The van der Waals surface area contributed by atoms with Gasteiger partial charge in [0.1, 0.15) is 0 Å². The number of alkyl halides is 3. The minimum absolute atomic E-state index is 0.0462. The van der Waals surface area contributed by atoms with Gasteiger partial charge in [0.25, 0.3) is 0 Å². The van der Waals surface area contributed by atoms with Gasteiger partial charge in [-0.2, -0.15) is 13.2 Å². The van der Waals surface area contributed by atoms with Crippen molar-refractivity contribution >= 4 is 5.97 Å². The third-order valence-corrected chi connectivity index (χ3v) is 2.53. The van der Waals surface area contributed by atoms with E-state index < -0.39 is 29.9 Å². The fraction of sp³-hybridized carbons (Fsp3) is 0.364. The number of aliphatic hydroxyl groups is 1. The largest absolute Gasteiger partial charge is 0.467 e. The molecule has 0 amide bonds. The summed E-state index contributed by atoms with van der Waals surface area (Å²) in [5.41, 5.74) is 2.95. The molecule has 1 atom stereocenters. The Hall–Kier alpha value is -1.60. The summed E-state index contributed by atoms with van der Waals surface area (Å²) in [7, 11) is 1.07. The Balaban J connectivity index is 3.14. The Kier molecular flexibility index (Phi) is 3.98. The van der Waals surface area contributed by atoms with E-state index >= 15 is 0 Å². The number of benzene rings is 1. The molecule has 1 rings (SSSR count). The Labute approximate surface area is 101 Å².